The predicted molar refractivity (Wildman–Crippen MR) is 133 cm³/mol. The molecule has 4 rings (SSSR count). The Balaban J connectivity index is 1.33. The molecule has 0 radical (unpaired) electrons. The average molecular weight is 491 g/mol. The second-order valence-corrected chi connectivity index (χ2v) is 8.43. The molecule has 1 heterocycles. The average Bonchev–Trinajstić information content (AvgIpc) is 3.40. The zero-order valence-corrected chi connectivity index (χ0v) is 19.4. The van der Waals surface area contributed by atoms with E-state index >= 15 is 0 Å². The molecule has 0 unspecified atom stereocenters. The van der Waals surface area contributed by atoms with Crippen LogP contribution in [0, 0.1) is 0 Å². The number of para-hydroxylation sites is 1. The highest BCUT2D eigenvalue weighted by atomic mass is 35.5. The molecule has 4 aromatic rings. The molecule has 1 amide bonds. The first-order valence-corrected chi connectivity index (χ1v) is 11.5. The summed E-state index contributed by atoms with van der Waals surface area (Å²) in [6.45, 7) is 0.300. The van der Waals surface area contributed by atoms with Crippen molar-refractivity contribution in [3.63, 3.8) is 0 Å². The van der Waals surface area contributed by atoms with Crippen LogP contribution in [0.5, 0.6) is 11.5 Å². The molecule has 6 nitrogen and oxygen atoms in total. The van der Waals surface area contributed by atoms with Gasteiger partial charge < -0.3 is 9.47 Å². The van der Waals surface area contributed by atoms with Crippen LogP contribution >= 0.6 is 22.9 Å². The van der Waals surface area contributed by atoms with Crippen molar-refractivity contribution in [2.75, 3.05) is 0 Å². The molecule has 34 heavy (non-hydrogen) atoms. The van der Waals surface area contributed by atoms with E-state index in [0.717, 1.165) is 11.1 Å². The van der Waals surface area contributed by atoms with Crippen LogP contribution in [-0.4, -0.2) is 18.1 Å². The number of carbonyl (C=O) groups is 2. The summed E-state index contributed by atoms with van der Waals surface area (Å²) in [6.07, 6.45) is 1.50. The topological polar surface area (TPSA) is 77.0 Å². The van der Waals surface area contributed by atoms with Crippen molar-refractivity contribution < 1.29 is 19.1 Å². The number of benzene rings is 3. The number of nitrogens with zero attached hydrogens (tertiary/aromatic N) is 1. The van der Waals surface area contributed by atoms with Crippen molar-refractivity contribution in [2.24, 2.45) is 5.10 Å². The van der Waals surface area contributed by atoms with Crippen LogP contribution in [-0.2, 0) is 6.61 Å². The van der Waals surface area contributed by atoms with Gasteiger partial charge in [-0.1, -0.05) is 41.9 Å². The van der Waals surface area contributed by atoms with Crippen LogP contribution in [0.2, 0.25) is 5.02 Å². The molecule has 0 saturated carbocycles. The van der Waals surface area contributed by atoms with Crippen LogP contribution in [0.4, 0.5) is 0 Å². The van der Waals surface area contributed by atoms with E-state index in [0.29, 0.717) is 33.6 Å². The molecule has 0 aliphatic carbocycles. The molecule has 0 bridgehead atoms. The van der Waals surface area contributed by atoms with Gasteiger partial charge in [-0.25, -0.2) is 10.2 Å². The Kier molecular flexibility index (Phi) is 7.70. The van der Waals surface area contributed by atoms with Crippen molar-refractivity contribution in [3.05, 3.63) is 117 Å². The van der Waals surface area contributed by atoms with Gasteiger partial charge in [0.2, 0.25) is 0 Å². The minimum atomic E-state index is -0.402. The van der Waals surface area contributed by atoms with Gasteiger partial charge in [-0.3, -0.25) is 4.79 Å². The van der Waals surface area contributed by atoms with E-state index < -0.39 is 11.9 Å². The predicted octanol–water partition coefficient (Wildman–Crippen LogP) is 5.96. The third-order valence-electron chi connectivity index (χ3n) is 4.63. The second kappa shape index (κ2) is 11.3. The van der Waals surface area contributed by atoms with E-state index in [2.05, 4.69) is 10.5 Å². The summed E-state index contributed by atoms with van der Waals surface area (Å²) in [5.74, 6) is 0.0680. The largest absolute Gasteiger partial charge is 0.488 e. The van der Waals surface area contributed by atoms with Crippen LogP contribution in [0.1, 0.15) is 31.2 Å². The second-order valence-electron chi connectivity index (χ2n) is 7.05. The van der Waals surface area contributed by atoms with E-state index in [1.807, 2.05) is 17.5 Å². The number of nitrogens with one attached hydrogen (secondary N) is 1. The van der Waals surface area contributed by atoms with Gasteiger partial charge in [0.25, 0.3) is 5.91 Å². The first-order chi connectivity index (χ1) is 16.6. The van der Waals surface area contributed by atoms with Crippen LogP contribution < -0.4 is 14.9 Å². The van der Waals surface area contributed by atoms with Gasteiger partial charge in [0, 0.05) is 5.02 Å². The smallest absolute Gasteiger partial charge is 0.353 e. The molecule has 0 spiro atoms. The first-order valence-electron chi connectivity index (χ1n) is 10.2. The summed E-state index contributed by atoms with van der Waals surface area (Å²) in [7, 11) is 0. The lowest BCUT2D eigenvalue weighted by atomic mass is 10.2. The SMILES string of the molecule is O=C(Oc1ccc(C=NNC(=O)c2ccccc2OCc2ccc(Cl)cc2)cc1)c1cccs1. The van der Waals surface area contributed by atoms with E-state index in [4.69, 9.17) is 21.1 Å². The number of hydrogen-bond donors (Lipinski definition) is 1. The van der Waals surface area contributed by atoms with Crippen molar-refractivity contribution in [2.45, 2.75) is 6.61 Å². The van der Waals surface area contributed by atoms with Gasteiger partial charge >= 0.3 is 5.97 Å². The van der Waals surface area contributed by atoms with Crippen molar-refractivity contribution >= 4 is 41.0 Å². The Labute approximate surface area is 205 Å². The van der Waals surface area contributed by atoms with Crippen LogP contribution in [0.3, 0.4) is 0 Å². The molecule has 1 aromatic heterocycles. The van der Waals surface area contributed by atoms with Crippen LogP contribution in [0.15, 0.2) is 95.4 Å². The minimum Gasteiger partial charge on any atom is -0.488 e. The first kappa shape index (κ1) is 23.2. The van der Waals surface area contributed by atoms with E-state index in [9.17, 15) is 9.59 Å². The molecule has 3 aromatic carbocycles. The summed E-state index contributed by atoms with van der Waals surface area (Å²) in [4.78, 5) is 25.2. The molecule has 1 N–H and O–H groups in total. The zero-order valence-electron chi connectivity index (χ0n) is 17.8. The van der Waals surface area contributed by atoms with Gasteiger partial charge in [0.05, 0.1) is 11.8 Å². The lowest BCUT2D eigenvalue weighted by Gasteiger charge is -2.10. The van der Waals surface area contributed by atoms with Crippen molar-refractivity contribution in [3.8, 4) is 11.5 Å². The number of halogens is 1. The van der Waals surface area contributed by atoms with Gasteiger partial charge in [0.1, 0.15) is 23.0 Å². The highest BCUT2D eigenvalue weighted by Crippen LogP contribution is 2.20. The molecule has 170 valence electrons. The van der Waals surface area contributed by atoms with Gasteiger partial charge in [-0.05, 0) is 71.1 Å². The molecule has 0 aliphatic heterocycles. The monoisotopic (exact) mass is 490 g/mol. The number of esters is 1. The molecular formula is C26H19ClN2O4S. The normalized spacial score (nSPS) is 10.7. The Morgan fingerprint density at radius 3 is 2.44 bits per heavy atom. The Morgan fingerprint density at radius 1 is 0.941 bits per heavy atom. The molecule has 8 heteroatoms. The molecule has 0 aliphatic rings. The summed E-state index contributed by atoms with van der Waals surface area (Å²) in [5.41, 5.74) is 4.53. The maximum atomic E-state index is 12.6. The number of hydrazone groups is 1. The standard InChI is InChI=1S/C26H19ClN2O4S/c27-20-11-7-19(8-12-20)17-32-23-5-2-1-4-22(23)25(30)29-28-16-18-9-13-21(14-10-18)33-26(31)24-6-3-15-34-24/h1-16H,17H2,(H,29,30). The molecule has 0 fully saturated rings. The Hall–Kier alpha value is -3.94. The van der Waals surface area contributed by atoms with E-state index in [1.165, 1.54) is 17.6 Å². The fourth-order valence-corrected chi connectivity index (χ4v) is 3.65. The fourth-order valence-electron chi connectivity index (χ4n) is 2.92. The summed E-state index contributed by atoms with van der Waals surface area (Å²) >= 11 is 7.23. The number of ether oxygens (including phenoxy) is 2. The maximum absolute atomic E-state index is 12.6. The van der Waals surface area contributed by atoms with E-state index in [-0.39, 0.29) is 0 Å². The van der Waals surface area contributed by atoms with E-state index in [1.54, 1.807) is 72.8 Å². The number of rotatable bonds is 8. The number of amides is 1. The fraction of sp³-hybridized carbons (Fsp3) is 0.0385. The number of carbonyl (C=O) groups excluding carboxylic acids is 2. The lowest BCUT2D eigenvalue weighted by Crippen LogP contribution is -2.18. The number of thiophene rings is 1. The minimum absolute atomic E-state index is 0.300. The highest BCUT2D eigenvalue weighted by Gasteiger charge is 2.12. The molecular weight excluding hydrogens is 472 g/mol. The third kappa shape index (κ3) is 6.31. The zero-order chi connectivity index (χ0) is 23.8. The van der Waals surface area contributed by atoms with Gasteiger partial charge in [-0.15, -0.1) is 11.3 Å². The maximum Gasteiger partial charge on any atom is 0.353 e. The van der Waals surface area contributed by atoms with Crippen molar-refractivity contribution in [1.82, 2.24) is 5.43 Å². The summed E-state index contributed by atoms with van der Waals surface area (Å²) < 4.78 is 11.1. The Morgan fingerprint density at radius 2 is 1.71 bits per heavy atom. The summed E-state index contributed by atoms with van der Waals surface area (Å²) in [6, 6.07) is 24.5. The third-order valence-corrected chi connectivity index (χ3v) is 5.73. The molecule has 0 atom stereocenters. The number of hydrogen-bond acceptors (Lipinski definition) is 6. The Bertz CT molecular complexity index is 1290. The quantitative estimate of drug-likeness (QED) is 0.143. The summed E-state index contributed by atoms with van der Waals surface area (Å²) in [5, 5.41) is 6.48. The lowest BCUT2D eigenvalue weighted by molar-refractivity contribution is 0.0739. The van der Waals surface area contributed by atoms with Crippen molar-refractivity contribution in [1.29, 1.82) is 0 Å². The highest BCUT2D eigenvalue weighted by molar-refractivity contribution is 7.12. The van der Waals surface area contributed by atoms with Crippen LogP contribution in [0.25, 0.3) is 0 Å². The van der Waals surface area contributed by atoms with Gasteiger partial charge in [-0.2, -0.15) is 5.10 Å². The van der Waals surface area contributed by atoms with Gasteiger partial charge in [0.15, 0.2) is 0 Å². The molecule has 0 saturated heterocycles.